The fourth-order valence-electron chi connectivity index (χ4n) is 3.49. The van der Waals surface area contributed by atoms with E-state index >= 15 is 0 Å². The first kappa shape index (κ1) is 23.1. The van der Waals surface area contributed by atoms with Crippen molar-refractivity contribution in [2.45, 2.75) is 39.2 Å². The molecule has 8 heteroatoms. The van der Waals surface area contributed by atoms with E-state index in [0.29, 0.717) is 30.2 Å². The minimum Gasteiger partial charge on any atom is -0.353 e. The van der Waals surface area contributed by atoms with E-state index in [1.54, 1.807) is 41.3 Å². The predicted octanol–water partition coefficient (Wildman–Crippen LogP) is 4.49. The smallest absolute Gasteiger partial charge is 0.323 e. The van der Waals surface area contributed by atoms with Crippen LogP contribution >= 0.6 is 0 Å². The first-order valence-electron chi connectivity index (χ1n) is 11.0. The summed E-state index contributed by atoms with van der Waals surface area (Å²) in [4.78, 5) is 38.9. The Morgan fingerprint density at radius 1 is 0.938 bits per heavy atom. The number of carbonyl (C=O) groups is 3. The molecule has 170 valence electrons. The zero-order chi connectivity index (χ0) is 22.9. The van der Waals surface area contributed by atoms with E-state index in [1.807, 2.05) is 32.0 Å². The first-order chi connectivity index (χ1) is 15.4. The summed E-state index contributed by atoms with van der Waals surface area (Å²) in [6.45, 7) is 5.04. The highest BCUT2D eigenvalue weighted by atomic mass is 16.2. The number of likely N-dealkylation sites (tertiary alicyclic amines) is 1. The molecule has 2 aromatic rings. The Hall–Kier alpha value is -3.55. The lowest BCUT2D eigenvalue weighted by Gasteiger charge is -2.32. The van der Waals surface area contributed by atoms with Gasteiger partial charge in [-0.3, -0.25) is 4.79 Å². The van der Waals surface area contributed by atoms with Gasteiger partial charge in [0.05, 0.1) is 5.92 Å². The Bertz CT molecular complexity index is 917. The van der Waals surface area contributed by atoms with Gasteiger partial charge in [0.25, 0.3) is 0 Å². The number of nitrogens with zero attached hydrogens (tertiary/aromatic N) is 1. The molecule has 1 saturated heterocycles. The Balaban J connectivity index is 1.49. The number of benzene rings is 2. The lowest BCUT2D eigenvalue weighted by atomic mass is 9.97. The van der Waals surface area contributed by atoms with Crippen LogP contribution in [0.1, 0.15) is 33.1 Å². The van der Waals surface area contributed by atoms with Crippen molar-refractivity contribution in [2.75, 3.05) is 29.0 Å². The second-order valence-electron chi connectivity index (χ2n) is 8.06. The van der Waals surface area contributed by atoms with Gasteiger partial charge in [0.2, 0.25) is 5.91 Å². The van der Waals surface area contributed by atoms with Gasteiger partial charge in [-0.1, -0.05) is 25.1 Å². The topological polar surface area (TPSA) is 103 Å². The SMILES string of the molecule is CC[C@H](C)NC(=O)[C@@H]1CCCN(C(=O)Nc2ccc(NC(=O)Nc3ccccc3)cc2)C1. The normalized spacial score (nSPS) is 16.6. The number of rotatable bonds is 6. The van der Waals surface area contributed by atoms with Crippen molar-refractivity contribution in [3.8, 4) is 0 Å². The second kappa shape index (κ2) is 11.2. The lowest BCUT2D eigenvalue weighted by molar-refractivity contribution is -0.126. The molecular weight excluding hydrogens is 406 g/mol. The highest BCUT2D eigenvalue weighted by Gasteiger charge is 2.28. The zero-order valence-corrected chi connectivity index (χ0v) is 18.6. The van der Waals surface area contributed by atoms with Gasteiger partial charge in [0.15, 0.2) is 0 Å². The molecule has 1 fully saturated rings. The van der Waals surface area contributed by atoms with E-state index in [1.165, 1.54) is 0 Å². The average Bonchev–Trinajstić information content (AvgIpc) is 2.81. The molecule has 3 rings (SSSR count). The first-order valence-corrected chi connectivity index (χ1v) is 11.0. The van der Waals surface area contributed by atoms with Crippen molar-refractivity contribution in [1.29, 1.82) is 0 Å². The van der Waals surface area contributed by atoms with Crippen LogP contribution in [0, 0.1) is 5.92 Å². The van der Waals surface area contributed by atoms with Crippen LogP contribution in [-0.2, 0) is 4.79 Å². The van der Waals surface area contributed by atoms with E-state index in [2.05, 4.69) is 21.3 Å². The quantitative estimate of drug-likeness (QED) is 0.535. The van der Waals surface area contributed by atoms with Gasteiger partial charge in [0, 0.05) is 36.2 Å². The molecule has 32 heavy (non-hydrogen) atoms. The van der Waals surface area contributed by atoms with Crippen molar-refractivity contribution >= 4 is 35.0 Å². The molecule has 0 unspecified atom stereocenters. The molecule has 0 aliphatic carbocycles. The van der Waals surface area contributed by atoms with Gasteiger partial charge in [-0.05, 0) is 62.6 Å². The molecule has 0 radical (unpaired) electrons. The Morgan fingerprint density at radius 3 is 2.16 bits per heavy atom. The van der Waals surface area contributed by atoms with E-state index in [4.69, 9.17) is 0 Å². The summed E-state index contributed by atoms with van der Waals surface area (Å²) in [5.74, 6) is -0.167. The number of anilines is 3. The van der Waals surface area contributed by atoms with Crippen LogP contribution in [0.15, 0.2) is 54.6 Å². The summed E-state index contributed by atoms with van der Waals surface area (Å²) < 4.78 is 0. The fraction of sp³-hybridized carbons (Fsp3) is 0.375. The molecule has 0 saturated carbocycles. The molecule has 0 bridgehead atoms. The molecule has 1 heterocycles. The monoisotopic (exact) mass is 437 g/mol. The number of para-hydroxylation sites is 1. The second-order valence-corrected chi connectivity index (χ2v) is 8.06. The van der Waals surface area contributed by atoms with Crippen molar-refractivity contribution in [1.82, 2.24) is 10.2 Å². The molecule has 1 aliphatic heterocycles. The molecule has 5 amide bonds. The average molecular weight is 438 g/mol. The van der Waals surface area contributed by atoms with Gasteiger partial charge < -0.3 is 26.2 Å². The molecule has 8 nitrogen and oxygen atoms in total. The van der Waals surface area contributed by atoms with Crippen LogP contribution in [0.25, 0.3) is 0 Å². The fourth-order valence-corrected chi connectivity index (χ4v) is 3.49. The minimum atomic E-state index is -0.344. The molecule has 2 atom stereocenters. The van der Waals surface area contributed by atoms with Crippen LogP contribution in [-0.4, -0.2) is 42.0 Å². The third-order valence-electron chi connectivity index (χ3n) is 5.51. The van der Waals surface area contributed by atoms with E-state index in [9.17, 15) is 14.4 Å². The Labute approximate surface area is 188 Å². The predicted molar refractivity (Wildman–Crippen MR) is 127 cm³/mol. The van der Waals surface area contributed by atoms with Crippen LogP contribution < -0.4 is 21.3 Å². The highest BCUT2D eigenvalue weighted by Crippen LogP contribution is 2.19. The zero-order valence-electron chi connectivity index (χ0n) is 18.6. The van der Waals surface area contributed by atoms with Crippen molar-refractivity contribution < 1.29 is 14.4 Å². The van der Waals surface area contributed by atoms with E-state index in [0.717, 1.165) is 19.3 Å². The summed E-state index contributed by atoms with van der Waals surface area (Å²) in [5.41, 5.74) is 1.93. The van der Waals surface area contributed by atoms with E-state index in [-0.39, 0.29) is 29.9 Å². The maximum Gasteiger partial charge on any atom is 0.323 e. The number of amides is 5. The summed E-state index contributed by atoms with van der Waals surface area (Å²) in [5, 5.41) is 11.4. The summed E-state index contributed by atoms with van der Waals surface area (Å²) in [7, 11) is 0. The van der Waals surface area contributed by atoms with Crippen LogP contribution in [0.4, 0.5) is 26.7 Å². The maximum atomic E-state index is 12.7. The molecule has 2 aromatic carbocycles. The van der Waals surface area contributed by atoms with Crippen LogP contribution in [0.2, 0.25) is 0 Å². The third-order valence-corrected chi connectivity index (χ3v) is 5.51. The van der Waals surface area contributed by atoms with Gasteiger partial charge in [-0.15, -0.1) is 0 Å². The van der Waals surface area contributed by atoms with Gasteiger partial charge in [0.1, 0.15) is 0 Å². The summed E-state index contributed by atoms with van der Waals surface area (Å²) in [6, 6.07) is 15.6. The number of piperidine rings is 1. The number of hydrogen-bond donors (Lipinski definition) is 4. The molecule has 4 N–H and O–H groups in total. The third kappa shape index (κ3) is 6.73. The molecule has 0 aromatic heterocycles. The summed E-state index contributed by atoms with van der Waals surface area (Å²) >= 11 is 0. The van der Waals surface area contributed by atoms with Gasteiger partial charge >= 0.3 is 12.1 Å². The van der Waals surface area contributed by atoms with E-state index < -0.39 is 0 Å². The molecule has 0 spiro atoms. The number of urea groups is 2. The van der Waals surface area contributed by atoms with Crippen molar-refractivity contribution in [2.24, 2.45) is 5.92 Å². The van der Waals surface area contributed by atoms with Gasteiger partial charge in [-0.2, -0.15) is 0 Å². The molecular formula is C24H31N5O3. The maximum absolute atomic E-state index is 12.7. The Morgan fingerprint density at radius 2 is 1.53 bits per heavy atom. The Kier molecular flexibility index (Phi) is 8.08. The summed E-state index contributed by atoms with van der Waals surface area (Å²) in [6.07, 6.45) is 2.46. The number of carbonyl (C=O) groups excluding carboxylic acids is 3. The van der Waals surface area contributed by atoms with Crippen LogP contribution in [0.3, 0.4) is 0 Å². The minimum absolute atomic E-state index is 0.0149. The largest absolute Gasteiger partial charge is 0.353 e. The molecule has 1 aliphatic rings. The highest BCUT2D eigenvalue weighted by molar-refractivity contribution is 6.00. The van der Waals surface area contributed by atoms with Crippen molar-refractivity contribution in [3.63, 3.8) is 0 Å². The van der Waals surface area contributed by atoms with Crippen molar-refractivity contribution in [3.05, 3.63) is 54.6 Å². The standard InChI is InChI=1S/C24H31N5O3/c1-3-17(2)25-22(30)18-8-7-15-29(16-18)24(32)28-21-13-11-20(12-14-21)27-23(31)26-19-9-5-4-6-10-19/h4-6,9-14,17-18H,3,7-8,15-16H2,1-2H3,(H,25,30)(H,28,32)(H2,26,27,31)/t17-,18+/m0/s1. The number of hydrogen-bond acceptors (Lipinski definition) is 3. The van der Waals surface area contributed by atoms with Gasteiger partial charge in [-0.25, -0.2) is 9.59 Å². The lowest BCUT2D eigenvalue weighted by Crippen LogP contribution is -2.48. The number of nitrogens with one attached hydrogen (secondary N) is 4. The van der Waals surface area contributed by atoms with Crippen LogP contribution in [0.5, 0.6) is 0 Å².